The minimum atomic E-state index is -0.213. The number of carbonyl (C=O) groups is 1. The van der Waals surface area contributed by atoms with Gasteiger partial charge >= 0.3 is 0 Å². The van der Waals surface area contributed by atoms with Gasteiger partial charge in [0, 0.05) is 18.1 Å². The summed E-state index contributed by atoms with van der Waals surface area (Å²) in [6.07, 6.45) is 4.74. The molecule has 0 unspecified atom stereocenters. The molecular weight excluding hydrogens is 164 g/mol. The van der Waals surface area contributed by atoms with Crippen LogP contribution in [0.25, 0.3) is 0 Å². The minimum Gasteiger partial charge on any atom is -0.376 e. The quantitative estimate of drug-likeness (QED) is 0.608. The zero-order valence-corrected chi connectivity index (χ0v) is 8.63. The molecule has 0 spiro atoms. The van der Waals surface area contributed by atoms with Gasteiger partial charge < -0.3 is 4.74 Å². The third-order valence-electron chi connectivity index (χ3n) is 2.70. The van der Waals surface area contributed by atoms with Gasteiger partial charge in [-0.25, -0.2) is 0 Å². The highest BCUT2D eigenvalue weighted by Crippen LogP contribution is 2.37. The largest absolute Gasteiger partial charge is 0.376 e. The summed E-state index contributed by atoms with van der Waals surface area (Å²) in [4.78, 5) is 10.8. The van der Waals surface area contributed by atoms with Crippen LogP contribution in [-0.4, -0.2) is 19.5 Å². The molecule has 1 atom stereocenters. The Morgan fingerprint density at radius 1 is 1.46 bits per heavy atom. The van der Waals surface area contributed by atoms with Crippen LogP contribution in [0.2, 0.25) is 0 Å². The Hall–Kier alpha value is -0.890. The standard InChI is InChI=1S/C11H16O2/c1-8-5-6-9(7-12)11(2,3)10(8)13-4/h5-7,10H,1-4H3/t10-/m1/s1. The fourth-order valence-corrected chi connectivity index (χ4v) is 1.92. The molecule has 72 valence electrons. The van der Waals surface area contributed by atoms with Crippen molar-refractivity contribution in [2.24, 2.45) is 5.41 Å². The van der Waals surface area contributed by atoms with Gasteiger partial charge in [0.05, 0.1) is 6.10 Å². The zero-order valence-electron chi connectivity index (χ0n) is 8.63. The molecule has 0 N–H and O–H groups in total. The van der Waals surface area contributed by atoms with E-state index < -0.39 is 0 Å². The second-order valence-corrected chi connectivity index (χ2v) is 3.99. The van der Waals surface area contributed by atoms with E-state index in [1.807, 2.05) is 32.9 Å². The van der Waals surface area contributed by atoms with Gasteiger partial charge in [0.15, 0.2) is 0 Å². The first-order chi connectivity index (χ1) is 6.04. The van der Waals surface area contributed by atoms with Crippen molar-refractivity contribution in [1.29, 1.82) is 0 Å². The van der Waals surface area contributed by atoms with Crippen molar-refractivity contribution < 1.29 is 9.53 Å². The SMILES string of the molecule is CO[C@@H]1C(C)=CC=C(C=O)C1(C)C. The first-order valence-corrected chi connectivity index (χ1v) is 4.41. The molecule has 0 fully saturated rings. The number of carbonyl (C=O) groups excluding carboxylic acids is 1. The molecule has 13 heavy (non-hydrogen) atoms. The molecule has 0 bridgehead atoms. The van der Waals surface area contributed by atoms with Gasteiger partial charge in [0.25, 0.3) is 0 Å². The molecule has 0 saturated carbocycles. The molecule has 2 nitrogen and oxygen atoms in total. The van der Waals surface area contributed by atoms with Crippen molar-refractivity contribution in [2.45, 2.75) is 26.9 Å². The summed E-state index contributed by atoms with van der Waals surface area (Å²) in [6.45, 7) is 6.07. The van der Waals surface area contributed by atoms with Gasteiger partial charge in [-0.2, -0.15) is 0 Å². The van der Waals surface area contributed by atoms with E-state index in [-0.39, 0.29) is 11.5 Å². The highest BCUT2D eigenvalue weighted by atomic mass is 16.5. The Morgan fingerprint density at radius 3 is 2.54 bits per heavy atom. The van der Waals surface area contributed by atoms with Crippen LogP contribution in [0, 0.1) is 5.41 Å². The Morgan fingerprint density at radius 2 is 2.08 bits per heavy atom. The molecular formula is C11H16O2. The maximum atomic E-state index is 10.8. The van der Waals surface area contributed by atoms with E-state index in [2.05, 4.69) is 0 Å². The lowest BCUT2D eigenvalue weighted by Gasteiger charge is -2.36. The summed E-state index contributed by atoms with van der Waals surface area (Å²) in [5, 5.41) is 0. The molecule has 0 aliphatic heterocycles. The topological polar surface area (TPSA) is 26.3 Å². The van der Waals surface area contributed by atoms with E-state index in [9.17, 15) is 4.79 Å². The first-order valence-electron chi connectivity index (χ1n) is 4.41. The second-order valence-electron chi connectivity index (χ2n) is 3.99. The number of aldehydes is 1. The summed E-state index contributed by atoms with van der Waals surface area (Å²) in [7, 11) is 1.68. The predicted molar refractivity (Wildman–Crippen MR) is 52.5 cm³/mol. The Labute approximate surface area is 79.3 Å². The molecule has 0 amide bonds. The average Bonchev–Trinajstić information content (AvgIpc) is 2.04. The van der Waals surface area contributed by atoms with Crippen LogP contribution in [-0.2, 0) is 9.53 Å². The molecule has 0 aromatic carbocycles. The highest BCUT2D eigenvalue weighted by Gasteiger charge is 2.36. The van der Waals surface area contributed by atoms with Crippen LogP contribution in [0.1, 0.15) is 20.8 Å². The van der Waals surface area contributed by atoms with Crippen molar-refractivity contribution in [1.82, 2.24) is 0 Å². The monoisotopic (exact) mass is 180 g/mol. The fraction of sp³-hybridized carbons (Fsp3) is 0.545. The van der Waals surface area contributed by atoms with Crippen molar-refractivity contribution in [3.63, 3.8) is 0 Å². The number of allylic oxidation sites excluding steroid dienone is 2. The predicted octanol–water partition coefficient (Wildman–Crippen LogP) is 2.11. The number of rotatable bonds is 2. The van der Waals surface area contributed by atoms with Crippen molar-refractivity contribution in [2.75, 3.05) is 7.11 Å². The van der Waals surface area contributed by atoms with Crippen LogP contribution in [0.3, 0.4) is 0 Å². The normalized spacial score (nSPS) is 26.3. The number of hydrogen-bond donors (Lipinski definition) is 0. The molecule has 0 heterocycles. The van der Waals surface area contributed by atoms with Gasteiger partial charge in [-0.05, 0) is 12.5 Å². The van der Waals surface area contributed by atoms with Crippen molar-refractivity contribution in [3.05, 3.63) is 23.3 Å². The maximum absolute atomic E-state index is 10.8. The zero-order chi connectivity index (χ0) is 10.1. The second kappa shape index (κ2) is 3.46. The molecule has 0 aromatic heterocycles. The van der Waals surface area contributed by atoms with E-state index >= 15 is 0 Å². The maximum Gasteiger partial charge on any atom is 0.146 e. The van der Waals surface area contributed by atoms with Crippen LogP contribution in [0.4, 0.5) is 0 Å². The molecule has 0 aromatic rings. The lowest BCUT2D eigenvalue weighted by molar-refractivity contribution is -0.106. The van der Waals surface area contributed by atoms with E-state index in [4.69, 9.17) is 4.74 Å². The van der Waals surface area contributed by atoms with Crippen LogP contribution >= 0.6 is 0 Å². The van der Waals surface area contributed by atoms with Gasteiger partial charge in [0.1, 0.15) is 6.29 Å². The van der Waals surface area contributed by atoms with E-state index in [1.165, 1.54) is 0 Å². The van der Waals surface area contributed by atoms with Crippen LogP contribution in [0.15, 0.2) is 23.3 Å². The van der Waals surface area contributed by atoms with Gasteiger partial charge in [-0.3, -0.25) is 4.79 Å². The summed E-state index contributed by atoms with van der Waals surface area (Å²) < 4.78 is 5.38. The summed E-state index contributed by atoms with van der Waals surface area (Å²) >= 11 is 0. The third-order valence-corrected chi connectivity index (χ3v) is 2.70. The van der Waals surface area contributed by atoms with Crippen LogP contribution in [0.5, 0.6) is 0 Å². The molecule has 1 aliphatic rings. The molecule has 2 heteroatoms. The number of methoxy groups -OCH3 is 1. The third kappa shape index (κ3) is 1.59. The Kier molecular flexibility index (Phi) is 2.71. The Balaban J connectivity index is 3.10. The summed E-state index contributed by atoms with van der Waals surface area (Å²) in [5.41, 5.74) is 1.75. The average molecular weight is 180 g/mol. The first kappa shape index (κ1) is 10.2. The van der Waals surface area contributed by atoms with Gasteiger partial charge in [-0.15, -0.1) is 0 Å². The van der Waals surface area contributed by atoms with E-state index in [0.29, 0.717) is 0 Å². The molecule has 1 aliphatic carbocycles. The van der Waals surface area contributed by atoms with Gasteiger partial charge in [0.2, 0.25) is 0 Å². The number of hydrogen-bond acceptors (Lipinski definition) is 2. The van der Waals surface area contributed by atoms with Gasteiger partial charge in [-0.1, -0.05) is 26.0 Å². The summed E-state index contributed by atoms with van der Waals surface area (Å²) in [6, 6.07) is 0. The van der Waals surface area contributed by atoms with E-state index in [0.717, 1.165) is 17.4 Å². The minimum absolute atomic E-state index is 0.0118. The molecule has 0 saturated heterocycles. The smallest absolute Gasteiger partial charge is 0.146 e. The van der Waals surface area contributed by atoms with E-state index in [1.54, 1.807) is 7.11 Å². The molecule has 1 rings (SSSR count). The lowest BCUT2D eigenvalue weighted by atomic mass is 9.73. The fourth-order valence-electron chi connectivity index (χ4n) is 1.92. The summed E-state index contributed by atoms with van der Waals surface area (Å²) in [5.74, 6) is 0. The molecule has 0 radical (unpaired) electrons. The number of ether oxygens (including phenoxy) is 1. The Bertz CT molecular complexity index is 272. The highest BCUT2D eigenvalue weighted by molar-refractivity contribution is 5.77. The van der Waals surface area contributed by atoms with Crippen molar-refractivity contribution >= 4 is 6.29 Å². The van der Waals surface area contributed by atoms with Crippen LogP contribution < -0.4 is 0 Å². The lowest BCUT2D eigenvalue weighted by Crippen LogP contribution is -2.36. The van der Waals surface area contributed by atoms with Crippen molar-refractivity contribution in [3.8, 4) is 0 Å².